The maximum atomic E-state index is 13.8. The highest BCUT2D eigenvalue weighted by Gasteiger charge is 2.21. The molecule has 0 saturated carbocycles. The van der Waals surface area contributed by atoms with Crippen molar-refractivity contribution >= 4 is 15.8 Å². The lowest BCUT2D eigenvalue weighted by Gasteiger charge is -2.11. The summed E-state index contributed by atoms with van der Waals surface area (Å²) in [5.74, 6) is -0.320. The third kappa shape index (κ3) is 5.68. The number of aryl methyl sites for hydroxylation is 2. The highest BCUT2D eigenvalue weighted by Crippen LogP contribution is 2.26. The van der Waals surface area contributed by atoms with E-state index in [0.717, 1.165) is 30.7 Å². The predicted molar refractivity (Wildman–Crippen MR) is 107 cm³/mol. The van der Waals surface area contributed by atoms with Gasteiger partial charge in [-0.25, -0.2) is 8.96 Å². The molecule has 0 radical (unpaired) electrons. The third-order valence-electron chi connectivity index (χ3n) is 4.08. The molecule has 6 nitrogen and oxygen atoms in total. The zero-order chi connectivity index (χ0) is 20.9. The van der Waals surface area contributed by atoms with Crippen LogP contribution >= 0.6 is 0 Å². The van der Waals surface area contributed by atoms with Gasteiger partial charge < -0.3 is 14.7 Å². The molecule has 0 amide bonds. The first-order valence-electron chi connectivity index (χ1n) is 9.01. The van der Waals surface area contributed by atoms with Crippen LogP contribution in [-0.4, -0.2) is 15.0 Å². The lowest BCUT2D eigenvalue weighted by atomic mass is 10.2. The number of nitrogen functional groups attached to an aromatic ring is 1. The van der Waals surface area contributed by atoms with Crippen molar-refractivity contribution in [3.8, 4) is 11.5 Å². The minimum Gasteiger partial charge on any atom is -0.493 e. The number of hydrogen-bond donors (Lipinski definition) is 1. The summed E-state index contributed by atoms with van der Waals surface area (Å²) in [4.78, 5) is -0.510. The fourth-order valence-electron chi connectivity index (χ4n) is 2.72. The molecule has 3 rings (SSSR count). The maximum Gasteiger partial charge on any atom is 0.342 e. The Hall–Kier alpha value is -3.13. The van der Waals surface area contributed by atoms with Gasteiger partial charge in [-0.2, -0.15) is 8.42 Å². The number of nitrogens with two attached hydrogens (primary N) is 1. The van der Waals surface area contributed by atoms with Crippen LogP contribution in [-0.2, 0) is 16.7 Å². The van der Waals surface area contributed by atoms with Gasteiger partial charge in [0, 0.05) is 30.3 Å². The van der Waals surface area contributed by atoms with Crippen LogP contribution in [0.15, 0.2) is 71.9 Å². The summed E-state index contributed by atoms with van der Waals surface area (Å²) in [5, 5.41) is 0. The van der Waals surface area contributed by atoms with Crippen molar-refractivity contribution in [3.05, 3.63) is 78.4 Å². The second-order valence-electron chi connectivity index (χ2n) is 6.52. The molecule has 0 aliphatic heterocycles. The van der Waals surface area contributed by atoms with Gasteiger partial charge in [0.05, 0.1) is 6.61 Å². The zero-order valence-corrected chi connectivity index (χ0v) is 16.7. The summed E-state index contributed by atoms with van der Waals surface area (Å²) >= 11 is 0. The average Bonchev–Trinajstić information content (AvgIpc) is 2.66. The molecule has 8 heteroatoms. The number of benzene rings is 2. The summed E-state index contributed by atoms with van der Waals surface area (Å²) in [7, 11) is -4.29. The maximum absolute atomic E-state index is 13.8. The Bertz CT molecular complexity index is 1090. The molecule has 0 spiro atoms. The van der Waals surface area contributed by atoms with Crippen LogP contribution in [0.5, 0.6) is 11.5 Å². The first-order chi connectivity index (χ1) is 13.8. The molecule has 0 fully saturated rings. The SMILES string of the molecule is Cc1cc(OCCC[n+]2ccc(N)cc2)cc(OS(=O)(=O)c2ccccc2F)c1. The van der Waals surface area contributed by atoms with E-state index in [2.05, 4.69) is 0 Å². The molecule has 2 aromatic carbocycles. The highest BCUT2D eigenvalue weighted by atomic mass is 32.2. The van der Waals surface area contributed by atoms with Gasteiger partial charge in [0.2, 0.25) is 0 Å². The standard InChI is InChI=1S/C21H21FN2O4S/c1-16-13-18(27-12-4-9-24-10-7-17(23)8-11-24)15-19(14-16)28-29(25,26)21-6-3-2-5-20(21)22/h2-3,5-8,10-11,13-15,23H,4,9,12H2,1H3/p+1. The second-order valence-corrected chi connectivity index (χ2v) is 8.04. The molecule has 1 heterocycles. The summed E-state index contributed by atoms with van der Waals surface area (Å²) in [6.07, 6.45) is 4.52. The van der Waals surface area contributed by atoms with Crippen LogP contribution in [0.1, 0.15) is 12.0 Å². The smallest absolute Gasteiger partial charge is 0.342 e. The molecule has 0 unspecified atom stereocenters. The molecular weight excluding hydrogens is 395 g/mol. The quantitative estimate of drug-likeness (QED) is 0.346. The van der Waals surface area contributed by atoms with Crippen LogP contribution in [0.25, 0.3) is 0 Å². The van der Waals surface area contributed by atoms with E-state index < -0.39 is 20.8 Å². The zero-order valence-electron chi connectivity index (χ0n) is 15.9. The molecular formula is C21H22FN2O4S+. The second kappa shape index (κ2) is 8.91. The Labute approximate surface area is 169 Å². The van der Waals surface area contributed by atoms with Gasteiger partial charge in [-0.05, 0) is 36.8 Å². The van der Waals surface area contributed by atoms with Crippen LogP contribution in [0, 0.1) is 12.7 Å². The van der Waals surface area contributed by atoms with Crippen molar-refractivity contribution in [1.82, 2.24) is 0 Å². The number of rotatable bonds is 8. The number of pyridine rings is 1. The van der Waals surface area contributed by atoms with Crippen molar-refractivity contribution in [3.63, 3.8) is 0 Å². The van der Waals surface area contributed by atoms with E-state index in [9.17, 15) is 12.8 Å². The number of nitrogens with zero attached hydrogens (tertiary/aromatic N) is 1. The Morgan fingerprint density at radius 1 is 1.03 bits per heavy atom. The predicted octanol–water partition coefficient (Wildman–Crippen LogP) is 3.24. The summed E-state index contributed by atoms with van der Waals surface area (Å²) in [5.41, 5.74) is 7.12. The van der Waals surface area contributed by atoms with E-state index in [1.165, 1.54) is 18.2 Å². The number of ether oxygens (including phenoxy) is 1. The van der Waals surface area contributed by atoms with Crippen LogP contribution < -0.4 is 19.2 Å². The Balaban J connectivity index is 1.63. The Morgan fingerprint density at radius 3 is 2.45 bits per heavy atom. The van der Waals surface area contributed by atoms with Gasteiger partial charge in [0.1, 0.15) is 22.2 Å². The monoisotopic (exact) mass is 417 g/mol. The largest absolute Gasteiger partial charge is 0.493 e. The number of anilines is 1. The fourth-order valence-corrected chi connectivity index (χ4v) is 3.71. The normalized spacial score (nSPS) is 11.2. The van der Waals surface area contributed by atoms with Crippen molar-refractivity contribution in [2.75, 3.05) is 12.3 Å². The number of halogens is 1. The van der Waals surface area contributed by atoms with Gasteiger partial charge >= 0.3 is 10.1 Å². The average molecular weight is 417 g/mol. The lowest BCUT2D eigenvalue weighted by Crippen LogP contribution is -2.33. The molecule has 0 aliphatic rings. The molecule has 0 atom stereocenters. The minimum absolute atomic E-state index is 0.0659. The van der Waals surface area contributed by atoms with Crippen molar-refractivity contribution < 1.29 is 26.3 Å². The van der Waals surface area contributed by atoms with Crippen LogP contribution in [0.2, 0.25) is 0 Å². The summed E-state index contributed by atoms with van der Waals surface area (Å²) in [6.45, 7) is 2.97. The van der Waals surface area contributed by atoms with E-state index in [1.54, 1.807) is 19.1 Å². The third-order valence-corrected chi connectivity index (χ3v) is 5.36. The highest BCUT2D eigenvalue weighted by molar-refractivity contribution is 7.87. The van der Waals surface area contributed by atoms with E-state index in [1.807, 2.05) is 29.1 Å². The first kappa shape index (κ1) is 20.6. The first-order valence-corrected chi connectivity index (χ1v) is 10.4. The molecule has 2 N–H and O–H groups in total. The van der Waals surface area contributed by atoms with Crippen molar-refractivity contribution in [2.45, 2.75) is 24.8 Å². The minimum atomic E-state index is -4.29. The molecule has 0 aliphatic carbocycles. The Morgan fingerprint density at radius 2 is 1.72 bits per heavy atom. The molecule has 29 heavy (non-hydrogen) atoms. The van der Waals surface area contributed by atoms with Crippen molar-refractivity contribution in [1.29, 1.82) is 0 Å². The summed E-state index contributed by atoms with van der Waals surface area (Å²) < 4.78 is 51.4. The number of hydrogen-bond acceptors (Lipinski definition) is 5. The number of aromatic nitrogens is 1. The molecule has 0 saturated heterocycles. The molecule has 1 aromatic heterocycles. The van der Waals surface area contributed by atoms with E-state index in [-0.39, 0.29) is 5.75 Å². The van der Waals surface area contributed by atoms with Crippen LogP contribution in [0.4, 0.5) is 10.1 Å². The van der Waals surface area contributed by atoms with E-state index in [0.29, 0.717) is 18.0 Å². The van der Waals surface area contributed by atoms with Gasteiger partial charge in [-0.3, -0.25) is 0 Å². The summed E-state index contributed by atoms with van der Waals surface area (Å²) in [6, 6.07) is 13.5. The van der Waals surface area contributed by atoms with E-state index >= 15 is 0 Å². The molecule has 152 valence electrons. The van der Waals surface area contributed by atoms with Gasteiger partial charge in [0.15, 0.2) is 18.9 Å². The van der Waals surface area contributed by atoms with Gasteiger partial charge in [0.25, 0.3) is 0 Å². The van der Waals surface area contributed by atoms with Gasteiger partial charge in [-0.1, -0.05) is 12.1 Å². The lowest BCUT2D eigenvalue weighted by molar-refractivity contribution is -0.697. The molecule has 0 bridgehead atoms. The molecule has 3 aromatic rings. The Kier molecular flexibility index (Phi) is 6.33. The van der Waals surface area contributed by atoms with Crippen molar-refractivity contribution in [2.24, 2.45) is 0 Å². The van der Waals surface area contributed by atoms with Crippen LogP contribution in [0.3, 0.4) is 0 Å². The topological polar surface area (TPSA) is 82.5 Å². The van der Waals surface area contributed by atoms with E-state index in [4.69, 9.17) is 14.7 Å². The fraction of sp³-hybridized carbons (Fsp3) is 0.190. The van der Waals surface area contributed by atoms with Gasteiger partial charge in [-0.15, -0.1) is 0 Å².